The maximum absolute atomic E-state index is 12.1. The average Bonchev–Trinajstić information content (AvgIpc) is 2.98. The summed E-state index contributed by atoms with van der Waals surface area (Å²) in [5, 5.41) is 3.28. The largest absolute Gasteiger partial charge is 0.493 e. The Hall–Kier alpha value is -1.55. The predicted molar refractivity (Wildman–Crippen MR) is 80.0 cm³/mol. The fourth-order valence-electron chi connectivity index (χ4n) is 2.47. The summed E-state index contributed by atoms with van der Waals surface area (Å²) in [7, 11) is 1.90. The fraction of sp³-hybridized carbons (Fsp3) is 0.562. The van der Waals surface area contributed by atoms with Crippen LogP contribution >= 0.6 is 0 Å². The molecule has 1 aliphatic heterocycles. The van der Waals surface area contributed by atoms with Crippen LogP contribution in [0.4, 0.5) is 0 Å². The molecule has 1 aliphatic rings. The zero-order valence-electron chi connectivity index (χ0n) is 12.4. The molecule has 0 saturated carbocycles. The monoisotopic (exact) mass is 276 g/mol. The summed E-state index contributed by atoms with van der Waals surface area (Å²) in [6.07, 6.45) is 2.37. The molecule has 1 saturated heterocycles. The van der Waals surface area contributed by atoms with Crippen LogP contribution in [0.3, 0.4) is 0 Å². The Morgan fingerprint density at radius 2 is 2.25 bits per heavy atom. The van der Waals surface area contributed by atoms with E-state index in [1.54, 1.807) is 0 Å². The van der Waals surface area contributed by atoms with E-state index in [-0.39, 0.29) is 5.91 Å². The molecule has 20 heavy (non-hydrogen) atoms. The molecule has 0 spiro atoms. The van der Waals surface area contributed by atoms with E-state index in [2.05, 4.69) is 5.32 Å². The molecular weight excluding hydrogens is 252 g/mol. The molecule has 1 aromatic rings. The molecule has 110 valence electrons. The van der Waals surface area contributed by atoms with E-state index >= 15 is 0 Å². The molecule has 0 bridgehead atoms. The van der Waals surface area contributed by atoms with E-state index in [1.807, 2.05) is 43.1 Å². The molecule has 0 aromatic heterocycles. The van der Waals surface area contributed by atoms with E-state index in [0.29, 0.717) is 19.1 Å². The third-order valence-corrected chi connectivity index (χ3v) is 3.86. The van der Waals surface area contributed by atoms with Crippen LogP contribution in [0.2, 0.25) is 0 Å². The van der Waals surface area contributed by atoms with Crippen molar-refractivity contribution in [3.8, 4) is 5.75 Å². The van der Waals surface area contributed by atoms with Crippen LogP contribution in [0.25, 0.3) is 0 Å². The number of hydrogen-bond acceptors (Lipinski definition) is 3. The van der Waals surface area contributed by atoms with Crippen molar-refractivity contribution in [3.63, 3.8) is 0 Å². The number of amides is 1. The van der Waals surface area contributed by atoms with Crippen LogP contribution in [0.1, 0.15) is 24.8 Å². The Kier molecular flexibility index (Phi) is 5.41. The lowest BCUT2D eigenvalue weighted by molar-refractivity contribution is -0.131. The summed E-state index contributed by atoms with van der Waals surface area (Å²) >= 11 is 0. The first-order chi connectivity index (χ1) is 9.68. The van der Waals surface area contributed by atoms with Gasteiger partial charge in [-0.3, -0.25) is 4.79 Å². The van der Waals surface area contributed by atoms with Gasteiger partial charge in [-0.1, -0.05) is 18.2 Å². The Bertz CT molecular complexity index is 442. The molecule has 4 heteroatoms. The maximum Gasteiger partial charge on any atom is 0.222 e. The third kappa shape index (κ3) is 3.97. The lowest BCUT2D eigenvalue weighted by atomic mass is 10.2. The number of benzene rings is 1. The van der Waals surface area contributed by atoms with Gasteiger partial charge in [0, 0.05) is 26.1 Å². The number of hydrogen-bond donors (Lipinski definition) is 1. The summed E-state index contributed by atoms with van der Waals surface area (Å²) in [6, 6.07) is 8.32. The smallest absolute Gasteiger partial charge is 0.222 e. The van der Waals surface area contributed by atoms with Crippen molar-refractivity contribution in [1.29, 1.82) is 0 Å². The van der Waals surface area contributed by atoms with Gasteiger partial charge in [0.05, 0.1) is 6.61 Å². The second kappa shape index (κ2) is 7.29. The number of para-hydroxylation sites is 1. The van der Waals surface area contributed by atoms with Gasteiger partial charge in [-0.2, -0.15) is 0 Å². The van der Waals surface area contributed by atoms with E-state index in [9.17, 15) is 4.79 Å². The standard InChI is InChI=1S/C16H24N2O2/c1-13-6-3-4-7-15(13)20-11-5-8-16(19)18(2)14-9-10-17-12-14/h3-4,6-7,14,17H,5,8-12H2,1-2H3. The second-order valence-electron chi connectivity index (χ2n) is 5.37. The van der Waals surface area contributed by atoms with Crippen LogP contribution in [0.5, 0.6) is 5.75 Å². The van der Waals surface area contributed by atoms with Gasteiger partial charge in [0.25, 0.3) is 0 Å². The lowest BCUT2D eigenvalue weighted by Crippen LogP contribution is -2.38. The molecule has 1 aromatic carbocycles. The highest BCUT2D eigenvalue weighted by molar-refractivity contribution is 5.76. The van der Waals surface area contributed by atoms with Gasteiger partial charge in [0.15, 0.2) is 0 Å². The van der Waals surface area contributed by atoms with Crippen molar-refractivity contribution in [2.45, 2.75) is 32.2 Å². The first kappa shape index (κ1) is 14.9. The van der Waals surface area contributed by atoms with Gasteiger partial charge in [-0.25, -0.2) is 0 Å². The van der Waals surface area contributed by atoms with Crippen LogP contribution in [-0.2, 0) is 4.79 Å². The first-order valence-corrected chi connectivity index (χ1v) is 7.33. The number of nitrogens with one attached hydrogen (secondary N) is 1. The lowest BCUT2D eigenvalue weighted by Gasteiger charge is -2.23. The fourth-order valence-corrected chi connectivity index (χ4v) is 2.47. The SMILES string of the molecule is Cc1ccccc1OCCCC(=O)N(C)C1CCNC1. The Morgan fingerprint density at radius 1 is 1.45 bits per heavy atom. The van der Waals surface area contributed by atoms with Crippen LogP contribution in [-0.4, -0.2) is 43.6 Å². The molecule has 0 aliphatic carbocycles. The van der Waals surface area contributed by atoms with E-state index < -0.39 is 0 Å². The topological polar surface area (TPSA) is 41.6 Å². The average molecular weight is 276 g/mol. The minimum atomic E-state index is 0.215. The van der Waals surface area contributed by atoms with Gasteiger partial charge in [-0.05, 0) is 37.9 Å². The minimum absolute atomic E-state index is 0.215. The quantitative estimate of drug-likeness (QED) is 0.808. The first-order valence-electron chi connectivity index (χ1n) is 7.33. The van der Waals surface area contributed by atoms with Gasteiger partial charge in [-0.15, -0.1) is 0 Å². The molecule has 1 amide bonds. The highest BCUT2D eigenvalue weighted by atomic mass is 16.5. The highest BCUT2D eigenvalue weighted by Crippen LogP contribution is 2.16. The summed E-state index contributed by atoms with van der Waals surface area (Å²) in [5.74, 6) is 1.13. The van der Waals surface area contributed by atoms with Gasteiger partial charge in [0.2, 0.25) is 5.91 Å². The molecule has 1 N–H and O–H groups in total. The number of nitrogens with zero attached hydrogens (tertiary/aromatic N) is 1. The number of likely N-dealkylation sites (N-methyl/N-ethyl adjacent to an activating group) is 1. The van der Waals surface area contributed by atoms with Crippen molar-refractivity contribution in [3.05, 3.63) is 29.8 Å². The third-order valence-electron chi connectivity index (χ3n) is 3.86. The molecule has 0 radical (unpaired) electrons. The van der Waals surface area contributed by atoms with Gasteiger partial charge >= 0.3 is 0 Å². The summed E-state index contributed by atoms with van der Waals surface area (Å²) in [4.78, 5) is 13.9. The zero-order chi connectivity index (χ0) is 14.4. The molecule has 1 atom stereocenters. The molecule has 2 rings (SSSR count). The molecule has 1 unspecified atom stereocenters. The molecule has 1 heterocycles. The van der Waals surface area contributed by atoms with E-state index in [4.69, 9.17) is 4.74 Å². The number of carbonyl (C=O) groups excluding carboxylic acids is 1. The molecular formula is C16H24N2O2. The Balaban J connectivity index is 1.68. The van der Waals surface area contributed by atoms with Gasteiger partial charge < -0.3 is 15.0 Å². The normalized spacial score (nSPS) is 18.0. The van der Waals surface area contributed by atoms with Crippen molar-refractivity contribution >= 4 is 5.91 Å². The summed E-state index contributed by atoms with van der Waals surface area (Å²) < 4.78 is 5.71. The number of carbonyl (C=O) groups is 1. The Labute approximate surface area is 121 Å². The minimum Gasteiger partial charge on any atom is -0.493 e. The van der Waals surface area contributed by atoms with Crippen molar-refractivity contribution in [1.82, 2.24) is 10.2 Å². The van der Waals surface area contributed by atoms with E-state index in [0.717, 1.165) is 37.2 Å². The second-order valence-corrected chi connectivity index (χ2v) is 5.37. The predicted octanol–water partition coefficient (Wildman–Crippen LogP) is 1.97. The zero-order valence-corrected chi connectivity index (χ0v) is 12.4. The number of rotatable bonds is 6. The summed E-state index contributed by atoms with van der Waals surface area (Å²) in [6.45, 7) is 4.55. The van der Waals surface area contributed by atoms with Gasteiger partial charge in [0.1, 0.15) is 5.75 Å². The van der Waals surface area contributed by atoms with Crippen molar-refractivity contribution in [2.75, 3.05) is 26.7 Å². The summed E-state index contributed by atoms with van der Waals surface area (Å²) in [5.41, 5.74) is 1.13. The van der Waals surface area contributed by atoms with Crippen molar-refractivity contribution < 1.29 is 9.53 Å². The van der Waals surface area contributed by atoms with Crippen molar-refractivity contribution in [2.24, 2.45) is 0 Å². The highest BCUT2D eigenvalue weighted by Gasteiger charge is 2.22. The van der Waals surface area contributed by atoms with Crippen LogP contribution in [0, 0.1) is 6.92 Å². The molecule has 4 nitrogen and oxygen atoms in total. The molecule has 1 fully saturated rings. The number of ether oxygens (including phenoxy) is 1. The Morgan fingerprint density at radius 3 is 2.95 bits per heavy atom. The van der Waals surface area contributed by atoms with Crippen LogP contribution < -0.4 is 10.1 Å². The van der Waals surface area contributed by atoms with E-state index in [1.165, 1.54) is 0 Å². The maximum atomic E-state index is 12.1. The van der Waals surface area contributed by atoms with Crippen LogP contribution in [0.15, 0.2) is 24.3 Å². The number of aryl methyl sites for hydroxylation is 1.